The number of hydrogen-bond donors (Lipinski definition) is 2. The van der Waals surface area contributed by atoms with Crippen molar-refractivity contribution in [2.75, 3.05) is 19.0 Å². The van der Waals surface area contributed by atoms with Crippen LogP contribution < -0.4 is 10.6 Å². The lowest BCUT2D eigenvalue weighted by Crippen LogP contribution is -2.32. The number of methoxy groups -OCH3 is 1. The van der Waals surface area contributed by atoms with E-state index in [1.165, 1.54) is 11.3 Å². The van der Waals surface area contributed by atoms with Crippen LogP contribution in [0.3, 0.4) is 0 Å². The second-order valence-corrected chi connectivity index (χ2v) is 5.67. The Hall–Kier alpha value is -2.31. The van der Waals surface area contributed by atoms with E-state index in [-0.39, 0.29) is 12.1 Å². The van der Waals surface area contributed by atoms with Crippen molar-refractivity contribution in [1.29, 1.82) is 0 Å². The topological polar surface area (TPSA) is 63.5 Å². The van der Waals surface area contributed by atoms with Gasteiger partial charge >= 0.3 is 6.03 Å². The molecule has 3 aromatic rings. The predicted molar refractivity (Wildman–Crippen MR) is 87.3 cm³/mol. The highest BCUT2D eigenvalue weighted by molar-refractivity contribution is 7.14. The van der Waals surface area contributed by atoms with Crippen LogP contribution in [0.15, 0.2) is 52.3 Å². The fourth-order valence-electron chi connectivity index (χ4n) is 2.15. The summed E-state index contributed by atoms with van der Waals surface area (Å²) >= 11 is 1.47. The monoisotopic (exact) mass is 316 g/mol. The van der Waals surface area contributed by atoms with Crippen LogP contribution in [0, 0.1) is 0 Å². The third kappa shape index (κ3) is 3.29. The van der Waals surface area contributed by atoms with Gasteiger partial charge in [0.1, 0.15) is 17.4 Å². The van der Waals surface area contributed by atoms with Gasteiger partial charge in [0.15, 0.2) is 0 Å². The van der Waals surface area contributed by atoms with Gasteiger partial charge in [-0.1, -0.05) is 18.2 Å². The molecule has 1 aromatic carbocycles. The summed E-state index contributed by atoms with van der Waals surface area (Å²) in [7, 11) is 1.59. The summed E-state index contributed by atoms with van der Waals surface area (Å²) in [6.45, 7) is 0.327. The minimum absolute atomic E-state index is 0.263. The molecule has 0 bridgehead atoms. The van der Waals surface area contributed by atoms with Gasteiger partial charge in [0.25, 0.3) is 0 Å². The number of rotatable bonds is 5. The lowest BCUT2D eigenvalue weighted by molar-refractivity contribution is 0.0870. The van der Waals surface area contributed by atoms with Crippen molar-refractivity contribution in [3.63, 3.8) is 0 Å². The van der Waals surface area contributed by atoms with Crippen LogP contribution in [-0.2, 0) is 4.74 Å². The van der Waals surface area contributed by atoms with E-state index < -0.39 is 0 Å². The average molecular weight is 316 g/mol. The summed E-state index contributed by atoms with van der Waals surface area (Å²) in [6.07, 6.45) is -0.332. The maximum atomic E-state index is 11.8. The van der Waals surface area contributed by atoms with Crippen molar-refractivity contribution in [2.45, 2.75) is 6.10 Å². The first-order valence-electron chi connectivity index (χ1n) is 6.86. The molecule has 2 heterocycles. The third-order valence-electron chi connectivity index (χ3n) is 3.25. The van der Waals surface area contributed by atoms with E-state index in [1.807, 2.05) is 47.8 Å². The Morgan fingerprint density at radius 3 is 2.91 bits per heavy atom. The number of carbonyl (C=O) groups excluding carboxylic acids is 1. The van der Waals surface area contributed by atoms with Crippen LogP contribution in [0.4, 0.5) is 9.80 Å². The van der Waals surface area contributed by atoms with Crippen LogP contribution in [0.2, 0.25) is 0 Å². The van der Waals surface area contributed by atoms with Crippen LogP contribution in [-0.4, -0.2) is 19.7 Å². The van der Waals surface area contributed by atoms with Gasteiger partial charge in [-0.15, -0.1) is 11.3 Å². The largest absolute Gasteiger partial charge is 0.458 e. The van der Waals surface area contributed by atoms with E-state index in [9.17, 15) is 4.79 Å². The predicted octanol–water partition coefficient (Wildman–Crippen LogP) is 4.00. The maximum Gasteiger partial charge on any atom is 0.319 e. The van der Waals surface area contributed by atoms with Gasteiger partial charge in [-0.3, -0.25) is 5.32 Å². The zero-order chi connectivity index (χ0) is 15.4. The summed E-state index contributed by atoms with van der Waals surface area (Å²) in [5, 5.41) is 9.27. The normalized spacial score (nSPS) is 12.2. The SMILES string of the molecule is CO[C@H](CNC(=O)Nc1cccs1)c1cc2ccccc2o1. The molecule has 114 valence electrons. The lowest BCUT2D eigenvalue weighted by atomic mass is 10.2. The van der Waals surface area contributed by atoms with Gasteiger partial charge in [0, 0.05) is 12.5 Å². The highest BCUT2D eigenvalue weighted by Gasteiger charge is 2.17. The number of hydrogen-bond acceptors (Lipinski definition) is 4. The summed E-state index contributed by atoms with van der Waals surface area (Å²) in [4.78, 5) is 11.8. The minimum Gasteiger partial charge on any atom is -0.458 e. The number of furan rings is 1. The molecule has 0 radical (unpaired) electrons. The molecule has 0 aliphatic heterocycles. The molecule has 6 heteroatoms. The fourth-order valence-corrected chi connectivity index (χ4v) is 2.76. The molecule has 0 aliphatic rings. The van der Waals surface area contributed by atoms with Gasteiger partial charge in [-0.05, 0) is 29.6 Å². The molecule has 0 aliphatic carbocycles. The van der Waals surface area contributed by atoms with E-state index in [1.54, 1.807) is 7.11 Å². The van der Waals surface area contributed by atoms with E-state index in [0.717, 1.165) is 16.0 Å². The van der Waals surface area contributed by atoms with Gasteiger partial charge in [-0.2, -0.15) is 0 Å². The zero-order valence-corrected chi connectivity index (χ0v) is 12.9. The molecular formula is C16H16N2O3S. The first kappa shape index (κ1) is 14.6. The van der Waals surface area contributed by atoms with E-state index in [2.05, 4.69) is 10.6 Å². The Morgan fingerprint density at radius 2 is 2.18 bits per heavy atom. The number of amides is 2. The number of benzene rings is 1. The van der Waals surface area contributed by atoms with E-state index >= 15 is 0 Å². The number of anilines is 1. The Labute approximate surface area is 131 Å². The molecule has 2 amide bonds. The number of carbonyl (C=O) groups is 1. The van der Waals surface area contributed by atoms with Crippen LogP contribution in [0.5, 0.6) is 0 Å². The van der Waals surface area contributed by atoms with Gasteiger partial charge in [0.2, 0.25) is 0 Å². The standard InChI is InChI=1S/C16H16N2O3S/c1-20-14(10-17-16(19)18-15-7-4-8-22-15)13-9-11-5-2-3-6-12(11)21-13/h2-9,14H,10H2,1H3,(H2,17,18,19)/t14-/m1/s1. The Bertz CT molecular complexity index is 719. The molecule has 5 nitrogen and oxygen atoms in total. The zero-order valence-electron chi connectivity index (χ0n) is 12.0. The van der Waals surface area contributed by atoms with Gasteiger partial charge < -0.3 is 14.5 Å². The molecule has 2 aromatic heterocycles. The molecule has 0 unspecified atom stereocenters. The molecule has 2 N–H and O–H groups in total. The molecule has 0 spiro atoms. The number of nitrogens with one attached hydrogen (secondary N) is 2. The van der Waals surface area contributed by atoms with Crippen molar-refractivity contribution in [3.05, 3.63) is 53.6 Å². The molecular weight excluding hydrogens is 300 g/mol. The van der Waals surface area contributed by atoms with Crippen molar-refractivity contribution < 1.29 is 13.9 Å². The minimum atomic E-state index is -0.332. The summed E-state index contributed by atoms with van der Waals surface area (Å²) in [5.74, 6) is 0.695. The molecule has 3 rings (SSSR count). The van der Waals surface area contributed by atoms with Gasteiger partial charge in [-0.25, -0.2) is 4.79 Å². The van der Waals surface area contributed by atoms with E-state index in [4.69, 9.17) is 9.15 Å². The number of thiophene rings is 1. The third-order valence-corrected chi connectivity index (χ3v) is 4.04. The summed E-state index contributed by atoms with van der Waals surface area (Å²) in [6, 6.07) is 13.2. The maximum absolute atomic E-state index is 11.8. The van der Waals surface area contributed by atoms with E-state index in [0.29, 0.717) is 12.3 Å². The molecule has 0 saturated heterocycles. The summed E-state index contributed by atoms with van der Waals surface area (Å²) in [5.41, 5.74) is 0.808. The number of fused-ring (bicyclic) bond motifs is 1. The van der Waals surface area contributed by atoms with Crippen LogP contribution in [0.25, 0.3) is 11.0 Å². The average Bonchev–Trinajstić information content (AvgIpc) is 3.16. The Balaban J connectivity index is 1.63. The lowest BCUT2D eigenvalue weighted by Gasteiger charge is -2.13. The quantitative estimate of drug-likeness (QED) is 0.747. The van der Waals surface area contributed by atoms with Crippen molar-refractivity contribution in [3.8, 4) is 0 Å². The smallest absolute Gasteiger partial charge is 0.319 e. The second-order valence-electron chi connectivity index (χ2n) is 4.72. The first-order chi connectivity index (χ1) is 10.8. The molecule has 0 saturated carbocycles. The Morgan fingerprint density at radius 1 is 1.32 bits per heavy atom. The number of ether oxygens (including phenoxy) is 1. The second kappa shape index (κ2) is 6.64. The molecule has 22 heavy (non-hydrogen) atoms. The first-order valence-corrected chi connectivity index (χ1v) is 7.74. The van der Waals surface area contributed by atoms with Crippen molar-refractivity contribution in [1.82, 2.24) is 5.32 Å². The Kier molecular flexibility index (Phi) is 4.41. The van der Waals surface area contributed by atoms with Gasteiger partial charge in [0.05, 0.1) is 11.5 Å². The number of urea groups is 1. The molecule has 0 fully saturated rings. The van der Waals surface area contributed by atoms with Crippen molar-refractivity contribution >= 4 is 33.3 Å². The highest BCUT2D eigenvalue weighted by Crippen LogP contribution is 2.25. The number of para-hydroxylation sites is 1. The fraction of sp³-hybridized carbons (Fsp3) is 0.188. The highest BCUT2D eigenvalue weighted by atomic mass is 32.1. The summed E-state index contributed by atoms with van der Waals surface area (Å²) < 4.78 is 11.2. The van der Waals surface area contributed by atoms with Crippen molar-refractivity contribution in [2.24, 2.45) is 0 Å². The van der Waals surface area contributed by atoms with Crippen LogP contribution in [0.1, 0.15) is 11.9 Å². The van der Waals surface area contributed by atoms with Crippen LogP contribution >= 0.6 is 11.3 Å². The molecule has 1 atom stereocenters.